The largest absolute Gasteiger partial charge is 0.351 e. The molecule has 1 aliphatic rings. The summed E-state index contributed by atoms with van der Waals surface area (Å²) in [5.41, 5.74) is 0.0596. The molecule has 10 heteroatoms. The molecule has 1 fully saturated rings. The number of carbonyl (C=O) groups excluding carboxylic acids is 1. The van der Waals surface area contributed by atoms with Gasteiger partial charge in [0, 0.05) is 11.1 Å². The monoisotopic (exact) mass is 461 g/mol. The molecule has 1 amide bonds. The number of aromatic nitrogens is 2. The normalized spacial score (nSPS) is 17.6. The standard InChI is InChI=1S/C21H20ClN3O5S/c22-15-6-7-17-18(10-15)25(12-19(26)23-16-8-9-31(29,30)13-16)21(28)20(27)24(17)11-14-4-2-1-3-5-14/h1-7,10,16H,8-9,11-13H2,(H,23,26)/t16-/m1/s1. The predicted octanol–water partition coefficient (Wildman–Crippen LogP) is 1.17. The Morgan fingerprint density at radius 3 is 2.42 bits per heavy atom. The Morgan fingerprint density at radius 1 is 1.03 bits per heavy atom. The van der Waals surface area contributed by atoms with Crippen LogP contribution >= 0.6 is 11.6 Å². The van der Waals surface area contributed by atoms with Crippen molar-refractivity contribution < 1.29 is 13.2 Å². The number of hydrogen-bond donors (Lipinski definition) is 1. The number of sulfone groups is 1. The molecule has 1 atom stereocenters. The van der Waals surface area contributed by atoms with E-state index in [4.69, 9.17) is 11.6 Å². The zero-order valence-electron chi connectivity index (χ0n) is 16.5. The molecule has 1 aliphatic heterocycles. The van der Waals surface area contributed by atoms with E-state index < -0.39 is 39.4 Å². The van der Waals surface area contributed by atoms with Crippen LogP contribution in [0.3, 0.4) is 0 Å². The maximum absolute atomic E-state index is 12.9. The molecule has 8 nitrogen and oxygen atoms in total. The van der Waals surface area contributed by atoms with Crippen LogP contribution < -0.4 is 16.4 Å². The first-order chi connectivity index (χ1) is 14.7. The maximum Gasteiger partial charge on any atom is 0.317 e. The van der Waals surface area contributed by atoms with Gasteiger partial charge in [0.15, 0.2) is 9.84 Å². The molecule has 0 bridgehead atoms. The van der Waals surface area contributed by atoms with E-state index in [9.17, 15) is 22.8 Å². The van der Waals surface area contributed by atoms with E-state index in [2.05, 4.69) is 5.32 Å². The fourth-order valence-electron chi connectivity index (χ4n) is 3.80. The van der Waals surface area contributed by atoms with Gasteiger partial charge in [0.05, 0.1) is 29.1 Å². The lowest BCUT2D eigenvalue weighted by Crippen LogP contribution is -2.45. The van der Waals surface area contributed by atoms with Crippen molar-refractivity contribution in [3.8, 4) is 0 Å². The van der Waals surface area contributed by atoms with Crippen LogP contribution in [0.4, 0.5) is 0 Å². The van der Waals surface area contributed by atoms with Crippen LogP contribution in [0, 0.1) is 0 Å². The van der Waals surface area contributed by atoms with E-state index in [-0.39, 0.29) is 18.1 Å². The minimum Gasteiger partial charge on any atom is -0.351 e. The van der Waals surface area contributed by atoms with Gasteiger partial charge < -0.3 is 5.32 Å². The number of carbonyl (C=O) groups is 1. The Kier molecular flexibility index (Phi) is 5.72. The highest BCUT2D eigenvalue weighted by Crippen LogP contribution is 2.18. The molecule has 0 saturated carbocycles. The van der Waals surface area contributed by atoms with Gasteiger partial charge >= 0.3 is 11.1 Å². The molecular weight excluding hydrogens is 442 g/mol. The molecule has 0 spiro atoms. The fourth-order valence-corrected chi connectivity index (χ4v) is 5.64. The van der Waals surface area contributed by atoms with Crippen molar-refractivity contribution in [3.63, 3.8) is 0 Å². The lowest BCUT2D eigenvalue weighted by molar-refractivity contribution is -0.122. The van der Waals surface area contributed by atoms with Gasteiger partial charge in [0.2, 0.25) is 5.91 Å². The minimum absolute atomic E-state index is 0.0198. The molecule has 0 unspecified atom stereocenters. The van der Waals surface area contributed by atoms with Gasteiger partial charge in [0.25, 0.3) is 0 Å². The second kappa shape index (κ2) is 8.32. The van der Waals surface area contributed by atoms with Crippen LogP contribution in [-0.4, -0.2) is 41.0 Å². The topological polar surface area (TPSA) is 107 Å². The summed E-state index contributed by atoms with van der Waals surface area (Å²) in [5.74, 6) is -0.643. The molecule has 0 aliphatic carbocycles. The van der Waals surface area contributed by atoms with E-state index in [1.807, 2.05) is 30.3 Å². The third-order valence-electron chi connectivity index (χ3n) is 5.28. The number of halogens is 1. The number of fused-ring (bicyclic) bond motifs is 1. The second-order valence-corrected chi connectivity index (χ2v) is 10.2. The second-order valence-electron chi connectivity index (χ2n) is 7.57. The first-order valence-electron chi connectivity index (χ1n) is 9.70. The lowest BCUT2D eigenvalue weighted by atomic mass is 10.2. The van der Waals surface area contributed by atoms with Gasteiger partial charge in [-0.05, 0) is 30.2 Å². The van der Waals surface area contributed by atoms with Crippen molar-refractivity contribution in [2.24, 2.45) is 0 Å². The third kappa shape index (κ3) is 4.57. The first-order valence-corrected chi connectivity index (χ1v) is 11.9. The zero-order chi connectivity index (χ0) is 22.2. The molecule has 3 aromatic rings. The zero-order valence-corrected chi connectivity index (χ0v) is 18.0. The van der Waals surface area contributed by atoms with Gasteiger partial charge in [-0.2, -0.15) is 0 Å². The van der Waals surface area contributed by atoms with E-state index in [1.54, 1.807) is 12.1 Å². The molecule has 1 N–H and O–H groups in total. The van der Waals surface area contributed by atoms with Crippen LogP contribution in [0.5, 0.6) is 0 Å². The average Bonchev–Trinajstić information content (AvgIpc) is 3.07. The van der Waals surface area contributed by atoms with Gasteiger partial charge in [-0.25, -0.2) is 8.42 Å². The smallest absolute Gasteiger partial charge is 0.317 e. The fraction of sp³-hybridized carbons (Fsp3) is 0.286. The number of hydrogen-bond acceptors (Lipinski definition) is 5. The summed E-state index contributed by atoms with van der Waals surface area (Å²) in [6.07, 6.45) is 0.328. The Hall–Kier alpha value is -2.91. The summed E-state index contributed by atoms with van der Waals surface area (Å²) in [4.78, 5) is 38.3. The molecular formula is C21H20ClN3O5S. The summed E-state index contributed by atoms with van der Waals surface area (Å²) in [6.45, 7) is -0.215. The van der Waals surface area contributed by atoms with E-state index in [0.29, 0.717) is 22.5 Å². The molecule has 2 heterocycles. The quantitative estimate of drug-likeness (QED) is 0.574. The predicted molar refractivity (Wildman–Crippen MR) is 118 cm³/mol. The van der Waals surface area contributed by atoms with Crippen molar-refractivity contribution in [1.29, 1.82) is 0 Å². The van der Waals surface area contributed by atoms with Gasteiger partial charge in [-0.3, -0.25) is 23.5 Å². The van der Waals surface area contributed by atoms with Crippen LogP contribution in [0.15, 0.2) is 58.1 Å². The average molecular weight is 462 g/mol. The van der Waals surface area contributed by atoms with Gasteiger partial charge in [-0.15, -0.1) is 0 Å². The molecule has 2 aromatic carbocycles. The van der Waals surface area contributed by atoms with Crippen LogP contribution in [0.1, 0.15) is 12.0 Å². The number of nitrogens with zero attached hydrogens (tertiary/aromatic N) is 2. The third-order valence-corrected chi connectivity index (χ3v) is 7.28. The Bertz CT molecular complexity index is 1380. The number of amides is 1. The van der Waals surface area contributed by atoms with Crippen molar-refractivity contribution in [2.75, 3.05) is 11.5 Å². The number of benzene rings is 2. The van der Waals surface area contributed by atoms with Gasteiger partial charge in [0.1, 0.15) is 6.54 Å². The highest BCUT2D eigenvalue weighted by atomic mass is 35.5. The van der Waals surface area contributed by atoms with Crippen LogP contribution in [-0.2, 0) is 27.7 Å². The molecule has 1 saturated heterocycles. The van der Waals surface area contributed by atoms with Crippen LogP contribution in [0.25, 0.3) is 11.0 Å². The van der Waals surface area contributed by atoms with E-state index >= 15 is 0 Å². The minimum atomic E-state index is -3.16. The summed E-state index contributed by atoms with van der Waals surface area (Å²) in [5, 5.41) is 3.00. The SMILES string of the molecule is O=C(Cn1c(=O)c(=O)n(Cc2ccccc2)c2ccc(Cl)cc21)N[C@@H]1CCS(=O)(=O)C1. The van der Waals surface area contributed by atoms with Crippen molar-refractivity contribution in [1.82, 2.24) is 14.5 Å². The van der Waals surface area contributed by atoms with Crippen molar-refractivity contribution in [3.05, 3.63) is 79.8 Å². The first kappa shape index (κ1) is 21.3. The number of rotatable bonds is 5. The highest BCUT2D eigenvalue weighted by molar-refractivity contribution is 7.91. The summed E-state index contributed by atoms with van der Waals surface area (Å²) in [7, 11) is -3.16. The van der Waals surface area contributed by atoms with Crippen molar-refractivity contribution >= 4 is 38.4 Å². The molecule has 0 radical (unpaired) electrons. The highest BCUT2D eigenvalue weighted by Gasteiger charge is 2.29. The molecule has 162 valence electrons. The maximum atomic E-state index is 12.9. The summed E-state index contributed by atoms with van der Waals surface area (Å²) >= 11 is 6.13. The molecule has 4 rings (SSSR count). The Balaban J connectivity index is 1.72. The van der Waals surface area contributed by atoms with Crippen molar-refractivity contribution in [2.45, 2.75) is 25.6 Å². The summed E-state index contributed by atoms with van der Waals surface area (Å²) < 4.78 is 25.7. The molecule has 1 aromatic heterocycles. The molecule has 31 heavy (non-hydrogen) atoms. The van der Waals surface area contributed by atoms with Gasteiger partial charge in [-0.1, -0.05) is 41.9 Å². The van der Waals surface area contributed by atoms with E-state index in [0.717, 1.165) is 10.1 Å². The Morgan fingerprint density at radius 2 is 1.74 bits per heavy atom. The number of nitrogens with one attached hydrogen (secondary N) is 1. The van der Waals surface area contributed by atoms with Crippen LogP contribution in [0.2, 0.25) is 5.02 Å². The summed E-state index contributed by atoms with van der Waals surface area (Å²) in [6, 6.07) is 13.5. The lowest BCUT2D eigenvalue weighted by Gasteiger charge is -2.16. The van der Waals surface area contributed by atoms with E-state index in [1.165, 1.54) is 10.6 Å². The Labute approximate surface area is 183 Å².